The molecule has 0 saturated carbocycles. The molecule has 1 aromatic carbocycles. The number of likely N-dealkylation sites (tertiary alicyclic amines) is 1. The lowest BCUT2D eigenvalue weighted by molar-refractivity contribution is 0.0203. The largest absolute Gasteiger partial charge is 0.442 e. The Morgan fingerprint density at radius 3 is 2.56 bits per heavy atom. The van der Waals surface area contributed by atoms with Crippen molar-refractivity contribution in [3.63, 3.8) is 0 Å². The number of benzene rings is 1. The van der Waals surface area contributed by atoms with Gasteiger partial charge in [-0.1, -0.05) is 12.1 Å². The van der Waals surface area contributed by atoms with Gasteiger partial charge in [0.05, 0.1) is 24.3 Å². The summed E-state index contributed by atoms with van der Waals surface area (Å²) >= 11 is 0. The van der Waals surface area contributed by atoms with E-state index in [2.05, 4.69) is 27.2 Å². The van der Waals surface area contributed by atoms with Crippen LogP contribution in [0.5, 0.6) is 0 Å². The molecule has 2 heterocycles. The Morgan fingerprint density at radius 1 is 1.19 bits per heavy atom. The van der Waals surface area contributed by atoms with Gasteiger partial charge in [-0.25, -0.2) is 4.79 Å². The summed E-state index contributed by atoms with van der Waals surface area (Å²) in [6, 6.07) is 8.77. The van der Waals surface area contributed by atoms with Crippen LogP contribution in [0.1, 0.15) is 5.56 Å². The number of hydrogen-bond donors (Lipinski definition) is 1. The van der Waals surface area contributed by atoms with Crippen molar-refractivity contribution in [2.45, 2.75) is 6.10 Å². The van der Waals surface area contributed by atoms with Gasteiger partial charge >= 0.3 is 6.09 Å². The second kappa shape index (κ2) is 8.39. The number of nitrogens with one attached hydrogen (secondary N) is 1. The second-order valence-electron chi connectivity index (χ2n) is 6.52. The van der Waals surface area contributed by atoms with Crippen molar-refractivity contribution < 1.29 is 9.53 Å². The molecule has 0 aliphatic carbocycles. The minimum Gasteiger partial charge on any atom is -0.442 e. The topological polar surface area (TPSA) is 108 Å². The van der Waals surface area contributed by atoms with Crippen molar-refractivity contribution in [2.75, 3.05) is 51.6 Å². The summed E-state index contributed by atoms with van der Waals surface area (Å²) in [5.41, 5.74) is 0.800. The number of ether oxygens (including phenoxy) is 1. The number of carbonyl (C=O) groups is 1. The van der Waals surface area contributed by atoms with Crippen LogP contribution >= 0.6 is 0 Å². The molecule has 0 atom stereocenters. The van der Waals surface area contributed by atoms with Gasteiger partial charge in [-0.15, -0.1) is 4.99 Å². The summed E-state index contributed by atoms with van der Waals surface area (Å²) in [4.78, 5) is 22.3. The van der Waals surface area contributed by atoms with E-state index in [1.807, 2.05) is 17.2 Å². The summed E-state index contributed by atoms with van der Waals surface area (Å²) in [5, 5.41) is 20.6. The molecule has 0 spiro atoms. The average molecular weight is 367 g/mol. The number of amides is 1. The molecule has 9 heteroatoms. The Bertz CT molecular complexity index is 797. The Kier molecular flexibility index (Phi) is 5.74. The first kappa shape index (κ1) is 18.5. The predicted molar refractivity (Wildman–Crippen MR) is 98.7 cm³/mol. The molecule has 1 N–H and O–H groups in total. The summed E-state index contributed by atoms with van der Waals surface area (Å²) in [6.45, 7) is 4.42. The normalized spacial score (nSPS) is 18.3. The third-order valence-corrected chi connectivity index (χ3v) is 4.62. The molecule has 1 aromatic rings. The highest BCUT2D eigenvalue weighted by atomic mass is 16.6. The van der Waals surface area contributed by atoms with Crippen molar-refractivity contribution in [3.05, 3.63) is 29.8 Å². The van der Waals surface area contributed by atoms with Crippen molar-refractivity contribution in [3.8, 4) is 12.3 Å². The first-order chi connectivity index (χ1) is 13.1. The zero-order chi connectivity index (χ0) is 19.2. The molecule has 1 amide bonds. The second-order valence-corrected chi connectivity index (χ2v) is 6.52. The lowest BCUT2D eigenvalue weighted by Gasteiger charge is -2.45. The fraction of sp³-hybridized carbons (Fsp3) is 0.444. The summed E-state index contributed by atoms with van der Waals surface area (Å²) in [7, 11) is 2.06. The number of rotatable bonds is 2. The van der Waals surface area contributed by atoms with E-state index in [0.717, 1.165) is 26.2 Å². The van der Waals surface area contributed by atoms with Crippen molar-refractivity contribution in [2.24, 2.45) is 4.99 Å². The maximum atomic E-state index is 12.1. The molecular formula is C18H21N7O2. The summed E-state index contributed by atoms with van der Waals surface area (Å²) in [5.74, 6) is 0.640. The van der Waals surface area contributed by atoms with E-state index < -0.39 is 6.09 Å². The van der Waals surface area contributed by atoms with Crippen molar-refractivity contribution in [1.82, 2.24) is 14.7 Å². The Hall–Kier alpha value is -3.30. The van der Waals surface area contributed by atoms with E-state index in [4.69, 9.17) is 15.3 Å². The number of para-hydroxylation sites is 1. The number of piperazine rings is 1. The molecule has 3 rings (SSSR count). The van der Waals surface area contributed by atoms with Gasteiger partial charge in [0.2, 0.25) is 12.2 Å². The van der Waals surface area contributed by atoms with Crippen LogP contribution in [0.2, 0.25) is 0 Å². The lowest BCUT2D eigenvalue weighted by Crippen LogP contribution is -2.61. The van der Waals surface area contributed by atoms with E-state index in [0.29, 0.717) is 30.3 Å². The fourth-order valence-electron chi connectivity index (χ4n) is 3.05. The van der Waals surface area contributed by atoms with Crippen molar-refractivity contribution >= 4 is 17.7 Å². The SMILES string of the molecule is CN1CCN(C(=NC#N)N2CC(OC(=O)Nc3ccccc3C#N)C2)CC1. The average Bonchev–Trinajstić information content (AvgIpc) is 2.64. The van der Waals surface area contributed by atoms with Gasteiger partial charge in [0.1, 0.15) is 12.2 Å². The number of guanidine groups is 1. The first-order valence-electron chi connectivity index (χ1n) is 8.72. The number of likely N-dealkylation sites (N-methyl/N-ethyl adjacent to an activating group) is 1. The fourth-order valence-corrected chi connectivity index (χ4v) is 3.05. The Labute approximate surface area is 158 Å². The molecule has 27 heavy (non-hydrogen) atoms. The number of anilines is 1. The quantitative estimate of drug-likeness (QED) is 0.469. The van der Waals surface area contributed by atoms with Crippen LogP contribution in [0.25, 0.3) is 0 Å². The third kappa shape index (κ3) is 4.46. The van der Waals surface area contributed by atoms with Crippen LogP contribution in [0, 0.1) is 22.8 Å². The molecule has 0 bridgehead atoms. The molecule has 0 unspecified atom stereocenters. The van der Waals surface area contributed by atoms with Crippen LogP contribution in [0.15, 0.2) is 29.3 Å². The van der Waals surface area contributed by atoms with Gasteiger partial charge in [0, 0.05) is 26.2 Å². The van der Waals surface area contributed by atoms with E-state index in [1.54, 1.807) is 24.3 Å². The van der Waals surface area contributed by atoms with Gasteiger partial charge in [-0.3, -0.25) is 5.32 Å². The van der Waals surface area contributed by atoms with Crippen molar-refractivity contribution in [1.29, 1.82) is 10.5 Å². The zero-order valence-electron chi connectivity index (χ0n) is 15.1. The molecule has 0 radical (unpaired) electrons. The van der Waals surface area contributed by atoms with Gasteiger partial charge in [-0.2, -0.15) is 10.5 Å². The standard InChI is InChI=1S/C18H21N7O2/c1-23-6-8-24(9-7-23)17(21-13-20)25-11-15(12-25)27-18(26)22-16-5-3-2-4-14(16)10-19/h2-5,15H,6-9,11-12H2,1H3,(H,22,26). The maximum absolute atomic E-state index is 12.1. The third-order valence-electron chi connectivity index (χ3n) is 4.62. The number of hydrogen-bond acceptors (Lipinski definition) is 6. The Morgan fingerprint density at radius 2 is 1.89 bits per heavy atom. The molecule has 2 fully saturated rings. The highest BCUT2D eigenvalue weighted by Crippen LogP contribution is 2.18. The number of carbonyl (C=O) groups excluding carboxylic acids is 1. The van der Waals surface area contributed by atoms with Crippen LogP contribution in [-0.2, 0) is 4.74 Å². The molecule has 9 nitrogen and oxygen atoms in total. The maximum Gasteiger partial charge on any atom is 0.412 e. The van der Waals surface area contributed by atoms with Gasteiger partial charge < -0.3 is 19.4 Å². The van der Waals surface area contributed by atoms with Crippen LogP contribution in [0.4, 0.5) is 10.5 Å². The van der Waals surface area contributed by atoms with E-state index in [-0.39, 0.29) is 6.10 Å². The molecule has 0 aromatic heterocycles. The van der Waals surface area contributed by atoms with Gasteiger partial charge in [0.25, 0.3) is 0 Å². The molecule has 2 aliphatic rings. The Balaban J connectivity index is 1.51. The first-order valence-corrected chi connectivity index (χ1v) is 8.72. The molecule has 2 aliphatic heterocycles. The smallest absolute Gasteiger partial charge is 0.412 e. The molecule has 2 saturated heterocycles. The highest BCUT2D eigenvalue weighted by Gasteiger charge is 2.35. The van der Waals surface area contributed by atoms with Crippen LogP contribution in [0.3, 0.4) is 0 Å². The predicted octanol–water partition coefficient (Wildman–Crippen LogP) is 0.875. The molecule has 140 valence electrons. The van der Waals surface area contributed by atoms with Crippen LogP contribution < -0.4 is 5.32 Å². The summed E-state index contributed by atoms with van der Waals surface area (Å²) < 4.78 is 5.39. The van der Waals surface area contributed by atoms with E-state index >= 15 is 0 Å². The van der Waals surface area contributed by atoms with Gasteiger partial charge in [0.15, 0.2) is 0 Å². The lowest BCUT2D eigenvalue weighted by atomic mass is 10.1. The van der Waals surface area contributed by atoms with Gasteiger partial charge in [-0.05, 0) is 19.2 Å². The number of nitrogens with zero attached hydrogens (tertiary/aromatic N) is 6. The minimum atomic E-state index is -0.597. The number of nitriles is 2. The zero-order valence-corrected chi connectivity index (χ0v) is 15.1. The monoisotopic (exact) mass is 367 g/mol. The number of aliphatic imine (C=N–C) groups is 1. The van der Waals surface area contributed by atoms with E-state index in [1.165, 1.54) is 0 Å². The highest BCUT2D eigenvalue weighted by molar-refractivity contribution is 5.87. The van der Waals surface area contributed by atoms with E-state index in [9.17, 15) is 4.79 Å². The van der Waals surface area contributed by atoms with Crippen LogP contribution in [-0.4, -0.2) is 79.2 Å². The minimum absolute atomic E-state index is 0.282. The molecular weight excluding hydrogens is 346 g/mol. The summed E-state index contributed by atoms with van der Waals surface area (Å²) in [6.07, 6.45) is 0.988.